The second-order valence-electron chi connectivity index (χ2n) is 15.5. The lowest BCUT2D eigenvalue weighted by molar-refractivity contribution is -0.290. The quantitative estimate of drug-likeness (QED) is 0.321. The first-order valence-corrected chi connectivity index (χ1v) is 17.0. The zero-order valence-electron chi connectivity index (χ0n) is 30.1. The summed E-state index contributed by atoms with van der Waals surface area (Å²) in [7, 11) is 0. The third-order valence-electron chi connectivity index (χ3n) is 11.9. The van der Waals surface area contributed by atoms with Crippen molar-refractivity contribution in [2.75, 3.05) is 0 Å². The van der Waals surface area contributed by atoms with Crippen LogP contribution in [0.3, 0.4) is 0 Å². The van der Waals surface area contributed by atoms with Gasteiger partial charge in [-0.2, -0.15) is 0 Å². The first-order valence-electron chi connectivity index (χ1n) is 17.0. The van der Waals surface area contributed by atoms with Crippen LogP contribution in [0.4, 0.5) is 0 Å². The Bertz CT molecular complexity index is 1580. The molecule has 0 aliphatic heterocycles. The smallest absolute Gasteiger partial charge is 0.338 e. The third kappa shape index (κ3) is 5.84. The fourth-order valence-electron chi connectivity index (χ4n) is 10.5. The summed E-state index contributed by atoms with van der Waals surface area (Å²) in [5.41, 5.74) is -7.26. The largest absolute Gasteiger partial charge is 0.461 e. The van der Waals surface area contributed by atoms with E-state index < -0.39 is 106 Å². The standard InChI is InChI=1S/C37H48O13/c1-19-15-36(44)28(29(19)48-31(43)25-13-11-10-12-14-25)30(46-21(3)39)34(8)18-37(50-24(6)42)26(35(34,9)32(36)47-22(4)40)16-33(7,49-23(5)41)17-27(37)45-20(2)38/h10-14,19,26-30,32,44H,15-18H2,1-9H3/t19-,26-,27-,28+,29-,30+,32+,33+,34-,35+,36+,37-/m1/s1. The van der Waals surface area contributed by atoms with Crippen LogP contribution in [-0.2, 0) is 52.4 Å². The molecule has 1 aromatic carbocycles. The van der Waals surface area contributed by atoms with Crippen LogP contribution in [-0.4, -0.2) is 82.1 Å². The highest BCUT2D eigenvalue weighted by atomic mass is 16.6. The van der Waals surface area contributed by atoms with E-state index in [1.165, 1.54) is 34.6 Å². The molecule has 4 aliphatic carbocycles. The first kappa shape index (κ1) is 37.3. The summed E-state index contributed by atoms with van der Waals surface area (Å²) in [6, 6.07) is 8.32. The lowest BCUT2D eigenvalue weighted by atomic mass is 9.46. The molecule has 0 aromatic heterocycles. The summed E-state index contributed by atoms with van der Waals surface area (Å²) in [6.07, 6.45) is -4.83. The number of hydrogen-bond donors (Lipinski definition) is 1. The van der Waals surface area contributed by atoms with Gasteiger partial charge in [-0.3, -0.25) is 24.0 Å². The second-order valence-corrected chi connectivity index (χ2v) is 15.5. The van der Waals surface area contributed by atoms with Crippen molar-refractivity contribution in [1.82, 2.24) is 0 Å². The van der Waals surface area contributed by atoms with Crippen LogP contribution in [0.1, 0.15) is 98.4 Å². The number of esters is 6. The maximum atomic E-state index is 13.5. The van der Waals surface area contributed by atoms with Gasteiger partial charge in [0.1, 0.15) is 35.6 Å². The zero-order valence-corrected chi connectivity index (χ0v) is 30.1. The van der Waals surface area contributed by atoms with E-state index in [1.54, 1.807) is 58.0 Å². The van der Waals surface area contributed by atoms with Gasteiger partial charge < -0.3 is 33.5 Å². The molecule has 12 atom stereocenters. The van der Waals surface area contributed by atoms with E-state index in [0.717, 1.165) is 0 Å². The summed E-state index contributed by atoms with van der Waals surface area (Å²) in [5.74, 6) is -6.52. The fourth-order valence-corrected chi connectivity index (χ4v) is 10.5. The van der Waals surface area contributed by atoms with Crippen LogP contribution in [0, 0.1) is 28.6 Å². The van der Waals surface area contributed by atoms with Gasteiger partial charge in [0.15, 0.2) is 5.60 Å². The molecule has 0 bridgehead atoms. The van der Waals surface area contributed by atoms with Crippen molar-refractivity contribution in [3.8, 4) is 0 Å². The normalized spacial score (nSPS) is 41.4. The summed E-state index contributed by atoms with van der Waals surface area (Å²) in [6.45, 7) is 13.2. The molecule has 0 unspecified atom stereocenters. The lowest BCUT2D eigenvalue weighted by Crippen LogP contribution is -2.73. The van der Waals surface area contributed by atoms with E-state index in [-0.39, 0.29) is 31.2 Å². The minimum Gasteiger partial charge on any atom is -0.461 e. The molecular weight excluding hydrogens is 652 g/mol. The average Bonchev–Trinajstić information content (AvgIpc) is 3.34. The van der Waals surface area contributed by atoms with E-state index >= 15 is 0 Å². The van der Waals surface area contributed by atoms with Gasteiger partial charge in [0, 0.05) is 64.2 Å². The Morgan fingerprint density at radius 1 is 0.720 bits per heavy atom. The Morgan fingerprint density at radius 2 is 1.30 bits per heavy atom. The van der Waals surface area contributed by atoms with Crippen molar-refractivity contribution >= 4 is 35.8 Å². The van der Waals surface area contributed by atoms with E-state index in [2.05, 4.69) is 0 Å². The number of carbonyl (C=O) groups excluding carboxylic acids is 6. The molecule has 0 amide bonds. The minimum atomic E-state index is -1.94. The predicted octanol–water partition coefficient (Wildman–Crippen LogP) is 3.86. The summed E-state index contributed by atoms with van der Waals surface area (Å²) >= 11 is 0. The fraction of sp³-hybridized carbons (Fsp3) is 0.676. The number of rotatable bonds is 7. The van der Waals surface area contributed by atoms with Crippen LogP contribution in [0.5, 0.6) is 0 Å². The molecule has 4 saturated carbocycles. The molecule has 4 fully saturated rings. The van der Waals surface area contributed by atoms with Crippen molar-refractivity contribution in [1.29, 1.82) is 0 Å². The zero-order chi connectivity index (χ0) is 37.2. The van der Waals surface area contributed by atoms with E-state index in [0.29, 0.717) is 0 Å². The molecule has 0 saturated heterocycles. The Hall–Kier alpha value is -4.00. The molecule has 13 nitrogen and oxygen atoms in total. The van der Waals surface area contributed by atoms with Crippen LogP contribution < -0.4 is 0 Å². The maximum absolute atomic E-state index is 13.5. The van der Waals surface area contributed by atoms with Crippen LogP contribution >= 0.6 is 0 Å². The highest BCUT2D eigenvalue weighted by molar-refractivity contribution is 5.89. The van der Waals surface area contributed by atoms with Crippen molar-refractivity contribution in [2.45, 2.75) is 129 Å². The van der Waals surface area contributed by atoms with Crippen molar-refractivity contribution in [3.63, 3.8) is 0 Å². The predicted molar refractivity (Wildman–Crippen MR) is 173 cm³/mol. The molecule has 13 heteroatoms. The van der Waals surface area contributed by atoms with Crippen molar-refractivity contribution in [2.24, 2.45) is 28.6 Å². The Kier molecular flexibility index (Phi) is 9.42. The maximum Gasteiger partial charge on any atom is 0.338 e. The average molecular weight is 701 g/mol. The lowest BCUT2D eigenvalue weighted by Gasteiger charge is -2.63. The number of hydrogen-bond acceptors (Lipinski definition) is 13. The molecule has 50 heavy (non-hydrogen) atoms. The molecule has 0 spiro atoms. The molecule has 5 rings (SSSR count). The molecule has 1 aromatic rings. The Morgan fingerprint density at radius 3 is 1.84 bits per heavy atom. The Balaban J connectivity index is 1.78. The molecule has 0 heterocycles. The van der Waals surface area contributed by atoms with Crippen molar-refractivity contribution in [3.05, 3.63) is 35.9 Å². The molecule has 1 N–H and O–H groups in total. The van der Waals surface area contributed by atoms with Gasteiger partial charge in [-0.1, -0.05) is 39.0 Å². The number of benzene rings is 1. The minimum absolute atomic E-state index is 0.0202. The summed E-state index contributed by atoms with van der Waals surface area (Å²) in [5, 5.41) is 13.1. The SMILES string of the molecule is CC(=O)O[C@@H]1[C@]2(O)C[C@@H](C)[C@@H](OC(=O)c3ccccc3)[C@H]2[C@H](OC(C)=O)[C@@]2(C)C[C@]3(OC(C)=O)[C@H](OC(C)=O)C[C@@](C)(OC(C)=O)C[C@@H]3[C@@]12C. The van der Waals surface area contributed by atoms with Gasteiger partial charge in [-0.15, -0.1) is 0 Å². The highest BCUT2D eigenvalue weighted by Crippen LogP contribution is 2.76. The van der Waals surface area contributed by atoms with Crippen LogP contribution in [0.15, 0.2) is 30.3 Å². The number of carbonyl (C=O) groups is 6. The van der Waals surface area contributed by atoms with Gasteiger partial charge in [0.25, 0.3) is 0 Å². The molecular formula is C37H48O13. The van der Waals surface area contributed by atoms with Crippen molar-refractivity contribution < 1.29 is 62.3 Å². The van der Waals surface area contributed by atoms with Gasteiger partial charge in [0.2, 0.25) is 0 Å². The highest BCUT2D eigenvalue weighted by Gasteiger charge is 2.85. The number of ether oxygens (including phenoxy) is 6. The van der Waals surface area contributed by atoms with Gasteiger partial charge >= 0.3 is 35.8 Å². The first-order chi connectivity index (χ1) is 23.1. The van der Waals surface area contributed by atoms with E-state index in [4.69, 9.17) is 28.4 Å². The summed E-state index contributed by atoms with van der Waals surface area (Å²) < 4.78 is 36.6. The van der Waals surface area contributed by atoms with Crippen LogP contribution in [0.2, 0.25) is 0 Å². The molecule has 0 radical (unpaired) electrons. The van der Waals surface area contributed by atoms with E-state index in [1.807, 2.05) is 0 Å². The monoisotopic (exact) mass is 700 g/mol. The summed E-state index contributed by atoms with van der Waals surface area (Å²) in [4.78, 5) is 77.7. The number of aliphatic hydroxyl groups is 1. The number of fused-ring (bicyclic) bond motifs is 4. The van der Waals surface area contributed by atoms with Gasteiger partial charge in [-0.05, 0) is 37.8 Å². The topological polar surface area (TPSA) is 178 Å². The third-order valence-corrected chi connectivity index (χ3v) is 11.9. The van der Waals surface area contributed by atoms with E-state index in [9.17, 15) is 33.9 Å². The van der Waals surface area contributed by atoms with Gasteiger partial charge in [0.05, 0.1) is 11.5 Å². The van der Waals surface area contributed by atoms with Crippen LogP contribution in [0.25, 0.3) is 0 Å². The molecule has 4 aliphatic rings. The Labute approximate surface area is 291 Å². The second kappa shape index (κ2) is 12.6. The molecule has 274 valence electrons. The van der Waals surface area contributed by atoms with Gasteiger partial charge in [-0.25, -0.2) is 4.79 Å².